The predicted molar refractivity (Wildman–Crippen MR) is 101 cm³/mol. The fraction of sp³-hybridized carbons (Fsp3) is 0.222. The molecule has 11 heteroatoms. The lowest BCUT2D eigenvalue weighted by atomic mass is 10.1. The molecule has 0 spiro atoms. The van der Waals surface area contributed by atoms with E-state index in [0.29, 0.717) is 17.7 Å². The van der Waals surface area contributed by atoms with Gasteiger partial charge in [0.15, 0.2) is 12.4 Å². The van der Waals surface area contributed by atoms with Crippen molar-refractivity contribution >= 4 is 39.1 Å². The quantitative estimate of drug-likeness (QED) is 0.272. The lowest BCUT2D eigenvalue weighted by molar-refractivity contribution is -0.384. The van der Waals surface area contributed by atoms with Crippen LogP contribution in [0.15, 0.2) is 46.9 Å². The van der Waals surface area contributed by atoms with Crippen LogP contribution < -0.4 is 5.32 Å². The topological polar surface area (TPSA) is 98.5 Å². The number of benzene rings is 2. The molecule has 2 aromatic carbocycles. The van der Waals surface area contributed by atoms with Crippen LogP contribution in [0.1, 0.15) is 22.8 Å². The second kappa shape index (κ2) is 9.03. The average molecular weight is 475 g/mol. The third-order valence-electron chi connectivity index (χ3n) is 3.76. The van der Waals surface area contributed by atoms with Crippen LogP contribution in [0.3, 0.4) is 0 Å². The summed E-state index contributed by atoms with van der Waals surface area (Å²) >= 11 is 3.22. The standard InChI is InChI=1S/C18H14BrF3N2O5/c1-10(17(26)29-9-16(25)11-2-5-13(19)6-3-11)23-14-7-4-12(18(20,21)22)8-15(14)24(27)28/h2-8,10,23H,9H2,1H3. The predicted octanol–water partition coefficient (Wildman–Crippen LogP) is 4.60. The molecule has 154 valence electrons. The van der Waals surface area contributed by atoms with Gasteiger partial charge in [0.2, 0.25) is 0 Å². The number of carbonyl (C=O) groups excluding carboxylic acids is 2. The lowest BCUT2D eigenvalue weighted by Gasteiger charge is -2.15. The molecular weight excluding hydrogens is 461 g/mol. The van der Waals surface area contributed by atoms with Gasteiger partial charge in [0.05, 0.1) is 10.5 Å². The van der Waals surface area contributed by atoms with Crippen LogP contribution in [0.2, 0.25) is 0 Å². The number of hydrogen-bond acceptors (Lipinski definition) is 6. The van der Waals surface area contributed by atoms with Crippen molar-refractivity contribution in [2.45, 2.75) is 19.1 Å². The Kier molecular flexibility index (Phi) is 6.96. The molecule has 29 heavy (non-hydrogen) atoms. The summed E-state index contributed by atoms with van der Waals surface area (Å²) in [5, 5.41) is 13.5. The van der Waals surface area contributed by atoms with Crippen LogP contribution in [-0.2, 0) is 15.7 Å². The van der Waals surface area contributed by atoms with Gasteiger partial charge < -0.3 is 10.1 Å². The van der Waals surface area contributed by atoms with Gasteiger partial charge in [0, 0.05) is 16.1 Å². The molecule has 0 radical (unpaired) electrons. The van der Waals surface area contributed by atoms with Crippen LogP contribution in [-0.4, -0.2) is 29.3 Å². The number of nitrogens with zero attached hydrogens (tertiary/aromatic N) is 1. The van der Waals surface area contributed by atoms with Crippen molar-refractivity contribution in [2.75, 3.05) is 11.9 Å². The third-order valence-corrected chi connectivity index (χ3v) is 4.29. The van der Waals surface area contributed by atoms with E-state index in [1.54, 1.807) is 12.1 Å². The number of nitro benzene ring substituents is 1. The first kappa shape index (κ1) is 22.3. The van der Waals surface area contributed by atoms with E-state index in [1.165, 1.54) is 19.1 Å². The van der Waals surface area contributed by atoms with E-state index in [4.69, 9.17) is 4.74 Å². The minimum atomic E-state index is -4.75. The number of esters is 1. The fourth-order valence-corrected chi connectivity index (χ4v) is 2.52. The van der Waals surface area contributed by atoms with Gasteiger partial charge in [-0.15, -0.1) is 0 Å². The summed E-state index contributed by atoms with van der Waals surface area (Å²) in [5.41, 5.74) is -2.00. The van der Waals surface area contributed by atoms with Crippen molar-refractivity contribution in [1.82, 2.24) is 0 Å². The maximum Gasteiger partial charge on any atom is 0.416 e. The number of rotatable bonds is 7. The van der Waals surface area contributed by atoms with E-state index in [-0.39, 0.29) is 5.69 Å². The molecule has 0 aliphatic heterocycles. The molecule has 2 aromatic rings. The van der Waals surface area contributed by atoms with Gasteiger partial charge in [0.25, 0.3) is 5.69 Å². The lowest BCUT2D eigenvalue weighted by Crippen LogP contribution is -2.30. The first-order chi connectivity index (χ1) is 13.5. The fourth-order valence-electron chi connectivity index (χ4n) is 2.25. The molecule has 1 atom stereocenters. The Morgan fingerprint density at radius 2 is 1.83 bits per heavy atom. The number of anilines is 1. The number of halogens is 4. The Morgan fingerprint density at radius 3 is 2.38 bits per heavy atom. The number of nitrogens with one attached hydrogen (secondary N) is 1. The second-order valence-corrected chi connectivity index (χ2v) is 6.81. The molecule has 1 unspecified atom stereocenters. The van der Waals surface area contributed by atoms with Crippen LogP contribution in [0, 0.1) is 10.1 Å². The Hall–Kier alpha value is -2.95. The summed E-state index contributed by atoms with van der Waals surface area (Å²) in [5.74, 6) is -1.36. The third kappa shape index (κ3) is 6.01. The summed E-state index contributed by atoms with van der Waals surface area (Å²) in [6.07, 6.45) is -4.75. The Labute approximate surface area is 171 Å². The molecule has 0 saturated carbocycles. The first-order valence-electron chi connectivity index (χ1n) is 8.06. The zero-order chi connectivity index (χ0) is 21.8. The second-order valence-electron chi connectivity index (χ2n) is 5.89. The number of hydrogen-bond donors (Lipinski definition) is 1. The largest absolute Gasteiger partial charge is 0.456 e. The highest BCUT2D eigenvalue weighted by molar-refractivity contribution is 9.10. The number of nitro groups is 1. The zero-order valence-electron chi connectivity index (χ0n) is 14.8. The van der Waals surface area contributed by atoms with Gasteiger partial charge in [-0.05, 0) is 31.2 Å². The van der Waals surface area contributed by atoms with Crippen LogP contribution in [0.25, 0.3) is 0 Å². The van der Waals surface area contributed by atoms with Crippen LogP contribution in [0.4, 0.5) is 24.5 Å². The minimum absolute atomic E-state index is 0.285. The van der Waals surface area contributed by atoms with E-state index in [9.17, 15) is 32.9 Å². The van der Waals surface area contributed by atoms with Crippen LogP contribution in [0.5, 0.6) is 0 Å². The molecule has 0 amide bonds. The Balaban J connectivity index is 2.04. The maximum atomic E-state index is 12.7. The van der Waals surface area contributed by atoms with Crippen molar-refractivity contribution in [1.29, 1.82) is 0 Å². The highest BCUT2D eigenvalue weighted by Gasteiger charge is 2.33. The molecule has 2 rings (SSSR count). The normalized spacial score (nSPS) is 12.2. The molecule has 1 N–H and O–H groups in total. The van der Waals surface area contributed by atoms with E-state index >= 15 is 0 Å². The van der Waals surface area contributed by atoms with Crippen molar-refractivity contribution in [3.05, 3.63) is 68.2 Å². The highest BCUT2D eigenvalue weighted by atomic mass is 79.9. The Morgan fingerprint density at radius 1 is 1.21 bits per heavy atom. The summed E-state index contributed by atoms with van der Waals surface area (Å²) in [6, 6.07) is 7.09. The van der Waals surface area contributed by atoms with Gasteiger partial charge in [-0.1, -0.05) is 28.1 Å². The highest BCUT2D eigenvalue weighted by Crippen LogP contribution is 2.35. The van der Waals surface area contributed by atoms with Crippen molar-refractivity contribution in [3.8, 4) is 0 Å². The number of ketones is 1. The van der Waals surface area contributed by atoms with Crippen molar-refractivity contribution in [2.24, 2.45) is 0 Å². The van der Waals surface area contributed by atoms with E-state index in [0.717, 1.165) is 10.5 Å². The monoisotopic (exact) mass is 474 g/mol. The molecule has 7 nitrogen and oxygen atoms in total. The van der Waals surface area contributed by atoms with Crippen molar-refractivity contribution in [3.63, 3.8) is 0 Å². The van der Waals surface area contributed by atoms with Gasteiger partial charge in [0.1, 0.15) is 11.7 Å². The summed E-state index contributed by atoms with van der Waals surface area (Å²) in [4.78, 5) is 34.1. The number of carbonyl (C=O) groups is 2. The molecule has 0 aliphatic carbocycles. The maximum absolute atomic E-state index is 12.7. The number of Topliss-reactive ketones (excluding diaryl/α,β-unsaturated/α-hetero) is 1. The van der Waals surface area contributed by atoms with Gasteiger partial charge in [-0.25, -0.2) is 4.79 Å². The molecule has 0 saturated heterocycles. The molecule has 0 aromatic heterocycles. The average Bonchev–Trinajstić information content (AvgIpc) is 2.65. The molecule has 0 aliphatic rings. The summed E-state index contributed by atoms with van der Waals surface area (Å²) in [7, 11) is 0. The SMILES string of the molecule is CC(Nc1ccc(C(F)(F)F)cc1[N+](=O)[O-])C(=O)OCC(=O)c1ccc(Br)cc1. The minimum Gasteiger partial charge on any atom is -0.456 e. The zero-order valence-corrected chi connectivity index (χ0v) is 16.4. The Bertz CT molecular complexity index is 932. The first-order valence-corrected chi connectivity index (χ1v) is 8.86. The molecule has 0 bridgehead atoms. The molecule has 0 heterocycles. The smallest absolute Gasteiger partial charge is 0.416 e. The molecular formula is C18H14BrF3N2O5. The van der Waals surface area contributed by atoms with Crippen LogP contribution >= 0.6 is 15.9 Å². The number of ether oxygens (including phenoxy) is 1. The summed E-state index contributed by atoms with van der Waals surface area (Å²) < 4.78 is 43.9. The van der Waals surface area contributed by atoms with E-state index < -0.39 is 46.8 Å². The van der Waals surface area contributed by atoms with E-state index in [1.807, 2.05) is 0 Å². The summed E-state index contributed by atoms with van der Waals surface area (Å²) in [6.45, 7) is 0.745. The van der Waals surface area contributed by atoms with Crippen molar-refractivity contribution < 1.29 is 32.4 Å². The van der Waals surface area contributed by atoms with Gasteiger partial charge in [-0.2, -0.15) is 13.2 Å². The van der Waals surface area contributed by atoms with Gasteiger partial charge >= 0.3 is 12.1 Å². The van der Waals surface area contributed by atoms with Gasteiger partial charge in [-0.3, -0.25) is 14.9 Å². The van der Waals surface area contributed by atoms with E-state index in [2.05, 4.69) is 21.2 Å². The molecule has 0 fully saturated rings. The number of alkyl halides is 3.